The molecule has 1 heterocycles. The highest BCUT2D eigenvalue weighted by atomic mass is 32.1. The lowest BCUT2D eigenvalue weighted by molar-refractivity contribution is 0.182. The Hall–Kier alpha value is -1.59. The van der Waals surface area contributed by atoms with Gasteiger partial charge in [0.15, 0.2) is 0 Å². The highest BCUT2D eigenvalue weighted by molar-refractivity contribution is 7.79. The Labute approximate surface area is 130 Å². The zero-order valence-electron chi connectivity index (χ0n) is 12.6. The summed E-state index contributed by atoms with van der Waals surface area (Å²) in [5.41, 5.74) is 4.79. The van der Waals surface area contributed by atoms with Crippen molar-refractivity contribution < 1.29 is 4.74 Å². The van der Waals surface area contributed by atoms with Crippen LogP contribution in [0, 0.1) is 13.8 Å². The lowest BCUT2D eigenvalue weighted by atomic mass is 10.0. The van der Waals surface area contributed by atoms with Crippen LogP contribution in [0.3, 0.4) is 0 Å². The molecule has 2 aromatic rings. The van der Waals surface area contributed by atoms with Gasteiger partial charge in [0.2, 0.25) is 0 Å². The molecule has 2 rings (SSSR count). The monoisotopic (exact) mass is 304 g/mol. The molecule has 0 atom stereocenters. The molecule has 0 aliphatic heterocycles. The fraction of sp³-hybridized carbons (Fsp3) is 0.375. The molecule has 0 N–H and O–H groups in total. The SMILES string of the molecule is COCCn1nc(-c2ccc(C)c(C)c2)cc(CS)c1=O. The first-order chi connectivity index (χ1) is 10.1. The molecular weight excluding hydrogens is 284 g/mol. The molecule has 0 aliphatic rings. The van der Waals surface area contributed by atoms with Crippen molar-refractivity contribution in [3.63, 3.8) is 0 Å². The van der Waals surface area contributed by atoms with E-state index < -0.39 is 0 Å². The van der Waals surface area contributed by atoms with Gasteiger partial charge in [0, 0.05) is 24.0 Å². The van der Waals surface area contributed by atoms with Crippen LogP contribution in [0.1, 0.15) is 16.7 Å². The van der Waals surface area contributed by atoms with Crippen molar-refractivity contribution in [2.75, 3.05) is 13.7 Å². The Balaban J connectivity index is 2.52. The van der Waals surface area contributed by atoms with E-state index in [-0.39, 0.29) is 5.56 Å². The largest absolute Gasteiger partial charge is 0.383 e. The molecule has 0 radical (unpaired) electrons. The summed E-state index contributed by atoms with van der Waals surface area (Å²) in [6, 6.07) is 8.00. The fourth-order valence-electron chi connectivity index (χ4n) is 2.08. The Kier molecular flexibility index (Phi) is 5.20. The molecule has 4 nitrogen and oxygen atoms in total. The number of aryl methyl sites for hydroxylation is 2. The summed E-state index contributed by atoms with van der Waals surface area (Å²) in [6.07, 6.45) is 0. The zero-order valence-corrected chi connectivity index (χ0v) is 13.5. The van der Waals surface area contributed by atoms with Crippen LogP contribution in [0.4, 0.5) is 0 Å². The van der Waals surface area contributed by atoms with Crippen LogP contribution in [0.15, 0.2) is 29.1 Å². The van der Waals surface area contributed by atoms with Crippen molar-refractivity contribution in [2.24, 2.45) is 0 Å². The van der Waals surface area contributed by atoms with Crippen LogP contribution >= 0.6 is 12.6 Å². The van der Waals surface area contributed by atoms with Crippen molar-refractivity contribution >= 4 is 12.6 Å². The van der Waals surface area contributed by atoms with Gasteiger partial charge < -0.3 is 4.74 Å². The average Bonchev–Trinajstić information content (AvgIpc) is 2.49. The van der Waals surface area contributed by atoms with Crippen LogP contribution in [0.2, 0.25) is 0 Å². The summed E-state index contributed by atoms with van der Waals surface area (Å²) >= 11 is 4.24. The summed E-state index contributed by atoms with van der Waals surface area (Å²) in [6.45, 7) is 5.04. The summed E-state index contributed by atoms with van der Waals surface area (Å²) in [5.74, 6) is 0.395. The van der Waals surface area contributed by atoms with Gasteiger partial charge in [-0.25, -0.2) is 4.68 Å². The van der Waals surface area contributed by atoms with Gasteiger partial charge in [-0.15, -0.1) is 0 Å². The maximum Gasteiger partial charge on any atom is 0.270 e. The topological polar surface area (TPSA) is 44.1 Å². The summed E-state index contributed by atoms with van der Waals surface area (Å²) in [5, 5.41) is 4.45. The van der Waals surface area contributed by atoms with E-state index in [4.69, 9.17) is 4.74 Å². The lowest BCUT2D eigenvalue weighted by Crippen LogP contribution is -2.27. The third-order valence-corrected chi connectivity index (χ3v) is 3.87. The number of benzene rings is 1. The van der Waals surface area contributed by atoms with E-state index in [0.717, 1.165) is 11.3 Å². The maximum absolute atomic E-state index is 12.2. The van der Waals surface area contributed by atoms with Gasteiger partial charge in [0.05, 0.1) is 18.8 Å². The Morgan fingerprint density at radius 3 is 2.62 bits per heavy atom. The van der Waals surface area contributed by atoms with Crippen LogP contribution in [-0.2, 0) is 17.0 Å². The standard InChI is InChI=1S/C16H20N2O2S/c1-11-4-5-13(8-12(11)2)15-9-14(10-21)16(19)18(17-15)6-7-20-3/h4-5,8-9,21H,6-7,10H2,1-3H3. The van der Waals surface area contributed by atoms with E-state index in [2.05, 4.69) is 43.7 Å². The maximum atomic E-state index is 12.2. The molecule has 0 spiro atoms. The Morgan fingerprint density at radius 1 is 1.24 bits per heavy atom. The minimum atomic E-state index is -0.102. The number of ether oxygens (including phenoxy) is 1. The smallest absolute Gasteiger partial charge is 0.270 e. The molecule has 1 aromatic carbocycles. The molecule has 0 fully saturated rings. The van der Waals surface area contributed by atoms with Gasteiger partial charge >= 0.3 is 0 Å². The first-order valence-electron chi connectivity index (χ1n) is 6.85. The van der Waals surface area contributed by atoms with E-state index in [1.807, 2.05) is 12.1 Å². The Bertz CT molecular complexity index is 695. The lowest BCUT2D eigenvalue weighted by Gasteiger charge is -2.10. The van der Waals surface area contributed by atoms with Gasteiger partial charge in [-0.3, -0.25) is 4.79 Å². The number of hydrogen-bond donors (Lipinski definition) is 1. The number of aromatic nitrogens is 2. The van der Waals surface area contributed by atoms with Crippen molar-refractivity contribution in [3.05, 3.63) is 51.3 Å². The number of nitrogens with zero attached hydrogens (tertiary/aromatic N) is 2. The Morgan fingerprint density at radius 2 is 2.00 bits per heavy atom. The molecule has 5 heteroatoms. The summed E-state index contributed by atoms with van der Waals surface area (Å²) in [4.78, 5) is 12.2. The van der Waals surface area contributed by atoms with Crippen LogP contribution in [0.5, 0.6) is 0 Å². The van der Waals surface area contributed by atoms with Gasteiger partial charge in [0.25, 0.3) is 5.56 Å². The molecule has 0 bridgehead atoms. The first-order valence-corrected chi connectivity index (χ1v) is 7.48. The fourth-order valence-corrected chi connectivity index (χ4v) is 2.31. The van der Waals surface area contributed by atoms with E-state index in [1.54, 1.807) is 7.11 Å². The molecule has 112 valence electrons. The van der Waals surface area contributed by atoms with Crippen molar-refractivity contribution in [1.29, 1.82) is 0 Å². The predicted octanol–water partition coefficient (Wildman–Crippen LogP) is 2.60. The van der Waals surface area contributed by atoms with Crippen molar-refractivity contribution in [1.82, 2.24) is 9.78 Å². The first kappa shape index (κ1) is 15.8. The van der Waals surface area contributed by atoms with E-state index >= 15 is 0 Å². The highest BCUT2D eigenvalue weighted by Crippen LogP contribution is 2.20. The quantitative estimate of drug-likeness (QED) is 0.864. The second-order valence-corrected chi connectivity index (χ2v) is 5.35. The molecule has 0 amide bonds. The van der Waals surface area contributed by atoms with Gasteiger partial charge in [0.1, 0.15) is 0 Å². The molecule has 0 aliphatic carbocycles. The average molecular weight is 304 g/mol. The minimum Gasteiger partial charge on any atom is -0.383 e. The highest BCUT2D eigenvalue weighted by Gasteiger charge is 2.09. The second-order valence-electron chi connectivity index (χ2n) is 5.03. The molecular formula is C16H20N2O2S. The van der Waals surface area contributed by atoms with Gasteiger partial charge in [-0.1, -0.05) is 12.1 Å². The van der Waals surface area contributed by atoms with Gasteiger partial charge in [-0.2, -0.15) is 17.7 Å². The van der Waals surface area contributed by atoms with Gasteiger partial charge in [-0.05, 0) is 37.1 Å². The van der Waals surface area contributed by atoms with E-state index in [0.29, 0.717) is 24.5 Å². The van der Waals surface area contributed by atoms with Crippen molar-refractivity contribution in [3.8, 4) is 11.3 Å². The number of thiol groups is 1. The second kappa shape index (κ2) is 6.91. The number of rotatable bonds is 5. The summed E-state index contributed by atoms with van der Waals surface area (Å²) in [7, 11) is 1.61. The third-order valence-electron chi connectivity index (χ3n) is 3.53. The van der Waals surface area contributed by atoms with Crippen molar-refractivity contribution in [2.45, 2.75) is 26.1 Å². The minimum absolute atomic E-state index is 0.102. The van der Waals surface area contributed by atoms with Crippen LogP contribution in [0.25, 0.3) is 11.3 Å². The van der Waals surface area contributed by atoms with Crippen LogP contribution < -0.4 is 5.56 Å². The summed E-state index contributed by atoms with van der Waals surface area (Å²) < 4.78 is 6.49. The zero-order chi connectivity index (χ0) is 15.4. The molecule has 0 saturated heterocycles. The van der Waals surface area contributed by atoms with Crippen LogP contribution in [-0.4, -0.2) is 23.5 Å². The third kappa shape index (κ3) is 3.54. The molecule has 0 unspecified atom stereocenters. The van der Waals surface area contributed by atoms with E-state index in [9.17, 15) is 4.79 Å². The van der Waals surface area contributed by atoms with E-state index in [1.165, 1.54) is 15.8 Å². The molecule has 0 saturated carbocycles. The molecule has 21 heavy (non-hydrogen) atoms. The number of hydrogen-bond acceptors (Lipinski definition) is 4. The normalized spacial score (nSPS) is 10.9. The number of methoxy groups -OCH3 is 1. The molecule has 1 aromatic heterocycles. The predicted molar refractivity (Wildman–Crippen MR) is 88.0 cm³/mol.